The van der Waals surface area contributed by atoms with Gasteiger partial charge in [-0.25, -0.2) is 0 Å². The third kappa shape index (κ3) is 2.36. The van der Waals surface area contributed by atoms with Gasteiger partial charge in [-0.3, -0.25) is 4.79 Å². The molecule has 0 saturated heterocycles. The van der Waals surface area contributed by atoms with Crippen LogP contribution < -0.4 is 0 Å². The quantitative estimate of drug-likeness (QED) is 0.553. The van der Waals surface area contributed by atoms with Crippen molar-refractivity contribution in [3.05, 3.63) is 11.6 Å². The van der Waals surface area contributed by atoms with Gasteiger partial charge >= 0.3 is 0 Å². The van der Waals surface area contributed by atoms with Crippen LogP contribution in [0, 0.1) is 40.4 Å². The molecule has 0 aromatic heterocycles. The highest BCUT2D eigenvalue weighted by Crippen LogP contribution is 2.64. The summed E-state index contributed by atoms with van der Waals surface area (Å²) >= 11 is 0. The summed E-state index contributed by atoms with van der Waals surface area (Å²) in [5, 5.41) is 0. The van der Waals surface area contributed by atoms with Crippen LogP contribution in [0.25, 0.3) is 0 Å². The first-order valence-corrected chi connectivity index (χ1v) is 10.6. The summed E-state index contributed by atoms with van der Waals surface area (Å²) in [6.45, 7) is 9.18. The van der Waals surface area contributed by atoms with Crippen LogP contribution in [0.4, 0.5) is 0 Å². The Morgan fingerprint density at radius 1 is 1.12 bits per heavy atom. The summed E-state index contributed by atoms with van der Waals surface area (Å²) < 4.78 is 0. The monoisotopic (exact) mass is 328 g/mol. The van der Waals surface area contributed by atoms with Gasteiger partial charge in [-0.2, -0.15) is 0 Å². The molecule has 7 atom stereocenters. The Kier molecular flexibility index (Phi) is 4.01. The lowest BCUT2D eigenvalue weighted by Gasteiger charge is -2.54. The van der Waals surface area contributed by atoms with E-state index in [1.54, 1.807) is 0 Å². The molecule has 0 amide bonds. The van der Waals surface area contributed by atoms with Crippen LogP contribution in [-0.4, -0.2) is 5.78 Å². The standard InChI is InChI=1S/C23H36O/c1-5-22(3)12-10-17-16(14-22)6-7-19-18(17)11-13-23(4)20(15(2)24)8-9-21(19)23/h6,17-21H,5,7-14H2,1-4H3/t17-,18+,19+,20+,21-,22+,23+/m0/s1. The molecule has 0 heterocycles. The lowest BCUT2D eigenvalue weighted by Crippen LogP contribution is -2.47. The molecule has 4 aliphatic rings. The molecule has 3 fully saturated rings. The molecule has 0 N–H and O–H groups in total. The molecule has 1 heteroatoms. The fourth-order valence-electron chi connectivity index (χ4n) is 7.53. The van der Waals surface area contributed by atoms with Crippen LogP contribution in [0.3, 0.4) is 0 Å². The third-order valence-corrected chi connectivity index (χ3v) is 9.17. The summed E-state index contributed by atoms with van der Waals surface area (Å²) in [6, 6.07) is 0. The van der Waals surface area contributed by atoms with Crippen LogP contribution in [0.5, 0.6) is 0 Å². The van der Waals surface area contributed by atoms with E-state index in [1.165, 1.54) is 51.4 Å². The van der Waals surface area contributed by atoms with Crippen LogP contribution in [-0.2, 0) is 4.79 Å². The van der Waals surface area contributed by atoms with Gasteiger partial charge < -0.3 is 0 Å². The van der Waals surface area contributed by atoms with Gasteiger partial charge in [0.05, 0.1) is 0 Å². The Morgan fingerprint density at radius 2 is 1.92 bits per heavy atom. The molecule has 0 spiro atoms. The first kappa shape index (κ1) is 16.9. The molecule has 24 heavy (non-hydrogen) atoms. The molecular weight excluding hydrogens is 292 g/mol. The Labute approximate surface area is 148 Å². The van der Waals surface area contributed by atoms with Gasteiger partial charge in [-0.05, 0) is 92.8 Å². The number of rotatable bonds is 2. The number of allylic oxidation sites excluding steroid dienone is 2. The zero-order valence-electron chi connectivity index (χ0n) is 16.2. The fourth-order valence-corrected chi connectivity index (χ4v) is 7.53. The Balaban J connectivity index is 1.59. The molecule has 0 unspecified atom stereocenters. The van der Waals surface area contributed by atoms with Crippen LogP contribution in [0.1, 0.15) is 85.5 Å². The van der Waals surface area contributed by atoms with E-state index < -0.39 is 0 Å². The highest BCUT2D eigenvalue weighted by atomic mass is 16.1. The van der Waals surface area contributed by atoms with Gasteiger partial charge in [0.2, 0.25) is 0 Å². The molecule has 0 aromatic rings. The SMILES string of the molecule is CC[C@]1(C)CC[C@H]2C(=CC[C@@H]3[C@@H]2CC[C@]2(C)[C@@H](C(C)=O)CC[C@@H]32)C1. The van der Waals surface area contributed by atoms with Crippen LogP contribution in [0.2, 0.25) is 0 Å². The molecule has 0 radical (unpaired) electrons. The number of fused-ring (bicyclic) bond motifs is 5. The summed E-state index contributed by atoms with van der Waals surface area (Å²) in [4.78, 5) is 12.2. The van der Waals surface area contributed by atoms with E-state index >= 15 is 0 Å². The molecule has 4 aliphatic carbocycles. The predicted octanol–water partition coefficient (Wildman–Crippen LogP) is 6.18. The van der Waals surface area contributed by atoms with Crippen molar-refractivity contribution in [1.29, 1.82) is 0 Å². The van der Waals surface area contributed by atoms with E-state index in [4.69, 9.17) is 0 Å². The van der Waals surface area contributed by atoms with Crippen molar-refractivity contribution in [3.63, 3.8) is 0 Å². The molecule has 134 valence electrons. The smallest absolute Gasteiger partial charge is 0.133 e. The topological polar surface area (TPSA) is 17.1 Å². The van der Waals surface area contributed by atoms with Gasteiger partial charge in [0, 0.05) is 5.92 Å². The highest BCUT2D eigenvalue weighted by Gasteiger charge is 2.57. The minimum absolute atomic E-state index is 0.310. The van der Waals surface area contributed by atoms with E-state index in [2.05, 4.69) is 26.8 Å². The zero-order chi connectivity index (χ0) is 17.1. The Bertz CT molecular complexity index is 560. The maximum Gasteiger partial charge on any atom is 0.133 e. The highest BCUT2D eigenvalue weighted by molar-refractivity contribution is 5.79. The van der Waals surface area contributed by atoms with Crippen molar-refractivity contribution in [3.8, 4) is 0 Å². The second-order valence-electron chi connectivity index (χ2n) is 10.2. The van der Waals surface area contributed by atoms with Gasteiger partial charge in [0.25, 0.3) is 0 Å². The summed E-state index contributed by atoms with van der Waals surface area (Å²) in [6.07, 6.45) is 14.7. The molecule has 4 rings (SSSR count). The molecular formula is C23H36O. The van der Waals surface area contributed by atoms with E-state index in [0.29, 0.717) is 22.5 Å². The Hall–Kier alpha value is -0.590. The average Bonchev–Trinajstić information content (AvgIpc) is 2.91. The van der Waals surface area contributed by atoms with Crippen LogP contribution in [0.15, 0.2) is 11.6 Å². The third-order valence-electron chi connectivity index (χ3n) is 9.17. The number of Topliss-reactive ketones (excluding diaryl/α,β-unsaturated/α-hetero) is 1. The van der Waals surface area contributed by atoms with Crippen molar-refractivity contribution in [2.24, 2.45) is 40.4 Å². The van der Waals surface area contributed by atoms with Crippen molar-refractivity contribution < 1.29 is 4.79 Å². The van der Waals surface area contributed by atoms with E-state index in [9.17, 15) is 4.79 Å². The molecule has 1 nitrogen and oxygen atoms in total. The maximum atomic E-state index is 12.2. The van der Waals surface area contributed by atoms with Gasteiger partial charge in [0.15, 0.2) is 0 Å². The Morgan fingerprint density at radius 3 is 2.62 bits per heavy atom. The first-order valence-electron chi connectivity index (χ1n) is 10.6. The van der Waals surface area contributed by atoms with Crippen molar-refractivity contribution in [1.82, 2.24) is 0 Å². The largest absolute Gasteiger partial charge is 0.300 e. The van der Waals surface area contributed by atoms with Gasteiger partial charge in [0.1, 0.15) is 5.78 Å². The molecule has 3 saturated carbocycles. The lowest BCUT2D eigenvalue weighted by molar-refractivity contribution is -0.126. The van der Waals surface area contributed by atoms with Gasteiger partial charge in [-0.1, -0.05) is 38.8 Å². The lowest BCUT2D eigenvalue weighted by atomic mass is 9.50. The molecule has 0 aliphatic heterocycles. The number of carbonyl (C=O) groups is 1. The van der Waals surface area contributed by atoms with E-state index in [1.807, 2.05) is 12.5 Å². The second-order valence-corrected chi connectivity index (χ2v) is 10.2. The van der Waals surface area contributed by atoms with E-state index in [-0.39, 0.29) is 0 Å². The maximum absolute atomic E-state index is 12.2. The van der Waals surface area contributed by atoms with E-state index in [0.717, 1.165) is 30.1 Å². The minimum atomic E-state index is 0.310. The number of hydrogen-bond acceptors (Lipinski definition) is 1. The second kappa shape index (κ2) is 5.71. The normalized spacial score (nSPS) is 50.5. The fraction of sp³-hybridized carbons (Fsp3) is 0.870. The number of carbonyl (C=O) groups excluding carboxylic acids is 1. The zero-order valence-corrected chi connectivity index (χ0v) is 16.2. The van der Waals surface area contributed by atoms with Crippen molar-refractivity contribution in [2.75, 3.05) is 0 Å². The summed E-state index contributed by atoms with van der Waals surface area (Å²) in [5.74, 6) is 4.29. The summed E-state index contributed by atoms with van der Waals surface area (Å²) in [5.41, 5.74) is 2.69. The van der Waals surface area contributed by atoms with Crippen molar-refractivity contribution >= 4 is 5.78 Å². The first-order chi connectivity index (χ1) is 11.4. The summed E-state index contributed by atoms with van der Waals surface area (Å²) in [7, 11) is 0. The average molecular weight is 329 g/mol. The molecule has 0 bridgehead atoms. The predicted molar refractivity (Wildman–Crippen MR) is 99.7 cm³/mol. The number of ketones is 1. The van der Waals surface area contributed by atoms with Gasteiger partial charge in [-0.15, -0.1) is 0 Å². The molecule has 0 aromatic carbocycles. The minimum Gasteiger partial charge on any atom is -0.300 e. The van der Waals surface area contributed by atoms with Crippen LogP contribution >= 0.6 is 0 Å². The number of hydrogen-bond donors (Lipinski definition) is 0. The van der Waals surface area contributed by atoms with Crippen molar-refractivity contribution in [2.45, 2.75) is 85.5 Å².